The van der Waals surface area contributed by atoms with Gasteiger partial charge in [0.2, 0.25) is 0 Å². The van der Waals surface area contributed by atoms with Gasteiger partial charge in [0.15, 0.2) is 0 Å². The van der Waals surface area contributed by atoms with E-state index in [1.807, 2.05) is 37.3 Å². The molecule has 0 saturated carbocycles. The number of aromatic nitrogens is 4. The number of aryl methyl sites for hydroxylation is 1. The van der Waals surface area contributed by atoms with Crippen molar-refractivity contribution in [2.45, 2.75) is 20.0 Å². The number of benzene rings is 1. The minimum absolute atomic E-state index is 0.686. The van der Waals surface area contributed by atoms with E-state index < -0.39 is 0 Å². The van der Waals surface area contributed by atoms with Crippen molar-refractivity contribution in [3.05, 3.63) is 58.3 Å². The lowest BCUT2D eigenvalue weighted by Gasteiger charge is -1.99. The fraction of sp³-hybridized carbons (Fsp3) is 0.214. The number of thiazole rings is 1. The highest BCUT2D eigenvalue weighted by molar-refractivity contribution is 7.09. The van der Waals surface area contributed by atoms with E-state index in [0.717, 1.165) is 28.6 Å². The van der Waals surface area contributed by atoms with Crippen molar-refractivity contribution in [2.24, 2.45) is 0 Å². The monoisotopic (exact) mass is 285 g/mol. The molecule has 0 aliphatic carbocycles. The third-order valence-electron chi connectivity index (χ3n) is 2.78. The molecule has 6 heteroatoms. The minimum atomic E-state index is 0.686. The van der Waals surface area contributed by atoms with Gasteiger partial charge in [-0.1, -0.05) is 18.2 Å². The number of rotatable bonds is 5. The van der Waals surface area contributed by atoms with Crippen LogP contribution in [0.5, 0.6) is 0 Å². The normalized spacial score (nSPS) is 10.8. The minimum Gasteiger partial charge on any atom is -0.305 e. The van der Waals surface area contributed by atoms with Crippen LogP contribution in [0.15, 0.2) is 41.9 Å². The zero-order valence-corrected chi connectivity index (χ0v) is 12.0. The second kappa shape index (κ2) is 5.94. The molecule has 3 rings (SSSR count). The van der Waals surface area contributed by atoms with Crippen LogP contribution in [0, 0.1) is 6.92 Å². The average molecular weight is 285 g/mol. The number of hydrogen-bond donors (Lipinski definition) is 1. The summed E-state index contributed by atoms with van der Waals surface area (Å²) in [6.07, 6.45) is 1.78. The number of hydrogen-bond acceptors (Lipinski definition) is 5. The van der Waals surface area contributed by atoms with Crippen LogP contribution in [0.3, 0.4) is 0 Å². The van der Waals surface area contributed by atoms with Gasteiger partial charge in [0.25, 0.3) is 0 Å². The van der Waals surface area contributed by atoms with Gasteiger partial charge in [-0.2, -0.15) is 15.0 Å². The standard InChI is InChI=1S/C14H15N5S/c1-11-10-20-14(17-11)9-15-7-12-8-16-19(18-12)13-5-3-2-4-6-13/h2-6,8,10,15H,7,9H2,1H3. The third kappa shape index (κ3) is 3.09. The van der Waals surface area contributed by atoms with Crippen LogP contribution in [-0.4, -0.2) is 20.0 Å². The molecule has 2 aromatic heterocycles. The maximum atomic E-state index is 4.44. The molecule has 0 bridgehead atoms. The van der Waals surface area contributed by atoms with Crippen LogP contribution in [0.25, 0.3) is 5.69 Å². The highest BCUT2D eigenvalue weighted by Gasteiger charge is 2.03. The number of para-hydroxylation sites is 1. The molecular formula is C14H15N5S. The Morgan fingerprint density at radius 3 is 2.80 bits per heavy atom. The van der Waals surface area contributed by atoms with Crippen LogP contribution >= 0.6 is 11.3 Å². The summed E-state index contributed by atoms with van der Waals surface area (Å²) in [6.45, 7) is 3.45. The predicted molar refractivity (Wildman–Crippen MR) is 78.8 cm³/mol. The second-order valence-electron chi connectivity index (χ2n) is 4.45. The lowest BCUT2D eigenvalue weighted by molar-refractivity contribution is 0.659. The zero-order valence-electron chi connectivity index (χ0n) is 11.2. The average Bonchev–Trinajstić information content (AvgIpc) is 3.09. The Morgan fingerprint density at radius 2 is 2.05 bits per heavy atom. The summed E-state index contributed by atoms with van der Waals surface area (Å²) in [5.74, 6) is 0. The maximum Gasteiger partial charge on any atom is 0.107 e. The van der Waals surface area contributed by atoms with Gasteiger partial charge in [-0.05, 0) is 19.1 Å². The van der Waals surface area contributed by atoms with Crippen LogP contribution in [-0.2, 0) is 13.1 Å². The van der Waals surface area contributed by atoms with Gasteiger partial charge in [0.05, 0.1) is 17.6 Å². The number of nitrogens with zero attached hydrogens (tertiary/aromatic N) is 4. The lowest BCUT2D eigenvalue weighted by atomic mass is 10.3. The van der Waals surface area contributed by atoms with E-state index in [1.165, 1.54) is 0 Å². The zero-order chi connectivity index (χ0) is 13.8. The molecule has 0 spiro atoms. The molecule has 0 radical (unpaired) electrons. The third-order valence-corrected chi connectivity index (χ3v) is 3.74. The molecule has 0 unspecified atom stereocenters. The SMILES string of the molecule is Cc1csc(CNCc2cnn(-c3ccccc3)n2)n1. The summed E-state index contributed by atoms with van der Waals surface area (Å²) >= 11 is 1.67. The molecule has 0 aliphatic rings. The van der Waals surface area contributed by atoms with Gasteiger partial charge in [-0.15, -0.1) is 11.3 Å². The van der Waals surface area contributed by atoms with E-state index >= 15 is 0 Å². The van der Waals surface area contributed by atoms with Gasteiger partial charge in [0.1, 0.15) is 5.01 Å². The summed E-state index contributed by atoms with van der Waals surface area (Å²) in [5.41, 5.74) is 2.96. The highest BCUT2D eigenvalue weighted by atomic mass is 32.1. The van der Waals surface area contributed by atoms with Crippen molar-refractivity contribution in [1.29, 1.82) is 0 Å². The Balaban J connectivity index is 1.58. The van der Waals surface area contributed by atoms with Crippen LogP contribution in [0.2, 0.25) is 0 Å². The molecule has 2 heterocycles. The summed E-state index contributed by atoms with van der Waals surface area (Å²) in [7, 11) is 0. The number of nitrogens with one attached hydrogen (secondary N) is 1. The Morgan fingerprint density at radius 1 is 1.20 bits per heavy atom. The van der Waals surface area contributed by atoms with E-state index in [9.17, 15) is 0 Å². The van der Waals surface area contributed by atoms with Crippen molar-refractivity contribution < 1.29 is 0 Å². The predicted octanol–water partition coefficient (Wildman–Crippen LogP) is 2.32. The van der Waals surface area contributed by atoms with Gasteiger partial charge < -0.3 is 5.32 Å². The van der Waals surface area contributed by atoms with Crippen LogP contribution in [0.4, 0.5) is 0 Å². The Kier molecular flexibility index (Phi) is 3.85. The Bertz CT molecular complexity index is 674. The van der Waals surface area contributed by atoms with E-state index in [1.54, 1.807) is 22.3 Å². The topological polar surface area (TPSA) is 55.6 Å². The van der Waals surface area contributed by atoms with Crippen molar-refractivity contribution >= 4 is 11.3 Å². The molecule has 1 aromatic carbocycles. The molecule has 0 aliphatic heterocycles. The lowest BCUT2D eigenvalue weighted by Crippen LogP contribution is -2.13. The van der Waals surface area contributed by atoms with Crippen LogP contribution in [0.1, 0.15) is 16.4 Å². The van der Waals surface area contributed by atoms with Crippen molar-refractivity contribution in [3.63, 3.8) is 0 Å². The highest BCUT2D eigenvalue weighted by Crippen LogP contribution is 2.08. The van der Waals surface area contributed by atoms with E-state index in [2.05, 4.69) is 25.9 Å². The first kappa shape index (κ1) is 13.0. The van der Waals surface area contributed by atoms with Gasteiger partial charge >= 0.3 is 0 Å². The Labute approximate surface area is 121 Å². The summed E-state index contributed by atoms with van der Waals surface area (Å²) in [5, 5.41) is 15.2. The molecule has 0 fully saturated rings. The largest absolute Gasteiger partial charge is 0.305 e. The summed E-state index contributed by atoms with van der Waals surface area (Å²) < 4.78 is 0. The molecule has 0 amide bonds. The summed E-state index contributed by atoms with van der Waals surface area (Å²) in [4.78, 5) is 6.05. The van der Waals surface area contributed by atoms with Crippen LogP contribution < -0.4 is 5.32 Å². The first-order chi connectivity index (χ1) is 9.81. The van der Waals surface area contributed by atoms with Gasteiger partial charge in [0, 0.05) is 24.2 Å². The first-order valence-electron chi connectivity index (χ1n) is 6.39. The molecule has 0 saturated heterocycles. The molecule has 20 heavy (non-hydrogen) atoms. The quantitative estimate of drug-likeness (QED) is 0.781. The molecule has 1 N–H and O–H groups in total. The van der Waals surface area contributed by atoms with Crippen molar-refractivity contribution in [1.82, 2.24) is 25.3 Å². The fourth-order valence-electron chi connectivity index (χ4n) is 1.84. The van der Waals surface area contributed by atoms with Gasteiger partial charge in [-0.25, -0.2) is 4.98 Å². The molecular weight excluding hydrogens is 270 g/mol. The summed E-state index contributed by atoms with van der Waals surface area (Å²) in [6, 6.07) is 9.89. The van der Waals surface area contributed by atoms with Gasteiger partial charge in [-0.3, -0.25) is 0 Å². The molecule has 102 valence electrons. The molecule has 0 atom stereocenters. The van der Waals surface area contributed by atoms with Crippen molar-refractivity contribution in [2.75, 3.05) is 0 Å². The molecule has 3 aromatic rings. The smallest absolute Gasteiger partial charge is 0.107 e. The maximum absolute atomic E-state index is 4.44. The van der Waals surface area contributed by atoms with Crippen molar-refractivity contribution in [3.8, 4) is 5.69 Å². The fourth-order valence-corrected chi connectivity index (χ4v) is 2.58. The molecule has 5 nitrogen and oxygen atoms in total. The van der Waals surface area contributed by atoms with E-state index in [-0.39, 0.29) is 0 Å². The Hall–Kier alpha value is -2.05. The first-order valence-corrected chi connectivity index (χ1v) is 7.27. The van der Waals surface area contributed by atoms with E-state index in [0.29, 0.717) is 6.54 Å². The second-order valence-corrected chi connectivity index (χ2v) is 5.39. The van der Waals surface area contributed by atoms with E-state index in [4.69, 9.17) is 0 Å².